The van der Waals surface area contributed by atoms with Crippen LogP contribution in [0.5, 0.6) is 0 Å². The molecule has 18 heteroatoms. The number of carbonyl (C=O) groups excluding carboxylic acids is 5. The number of halogens is 2. The minimum absolute atomic E-state index is 0.000853. The van der Waals surface area contributed by atoms with E-state index in [2.05, 4.69) is 35.8 Å². The molecule has 65 heavy (non-hydrogen) atoms. The highest BCUT2D eigenvalue weighted by atomic mass is 19.3. The largest absolute Gasteiger partial charge is 0.384 e. The van der Waals surface area contributed by atoms with E-state index in [0.717, 1.165) is 94.7 Å². The Morgan fingerprint density at radius 3 is 2.49 bits per heavy atom. The number of nitrogens with one attached hydrogen (secondary N) is 3. The number of aromatic nitrogens is 4. The number of morpholine rings is 1. The maximum absolute atomic E-state index is 14.4. The molecule has 5 aliphatic heterocycles. The smallest absolute Gasteiger partial charge is 0.284 e. The molecule has 16 nitrogen and oxygen atoms in total. The van der Waals surface area contributed by atoms with Gasteiger partial charge in [0.15, 0.2) is 5.69 Å². The quantitative estimate of drug-likeness (QED) is 0.156. The van der Waals surface area contributed by atoms with E-state index in [0.29, 0.717) is 47.0 Å². The summed E-state index contributed by atoms with van der Waals surface area (Å²) in [7, 11) is 0. The molecule has 2 aliphatic carbocycles. The standard InChI is InChI=1S/C47H52F2N10O6/c48-42(49)41-35(52-43(61)33-21-50-20-28-6-10-37(53-40(28)33)57-23-31-16-30(57)25-65-31)24-58(55-41)29-7-4-26(5-8-29)22-56-14-12-47(13-15-56)17-27(18-47)19-51-34-3-1-2-32-39(34)46(64)59(45(32)63)36-9-11-38(60)54-44(36)62/h1-3,6,10,20-21,24,26-27,29-31,36,42,51H,4-5,7-9,11-19,22-23,25H2,(H,52,61)(H,54,60,62)/t26-,29-,30?,31-,36?/m1/s1. The molecule has 3 N–H and O–H groups in total. The number of hydrogen-bond donors (Lipinski definition) is 3. The third kappa shape index (κ3) is 7.71. The van der Waals surface area contributed by atoms with Crippen LogP contribution in [0.1, 0.15) is 120 Å². The number of pyridine rings is 2. The van der Waals surface area contributed by atoms with Crippen molar-refractivity contribution in [3.63, 3.8) is 0 Å². The monoisotopic (exact) mass is 890 g/mol. The van der Waals surface area contributed by atoms with Crippen LogP contribution in [0.2, 0.25) is 0 Å². The summed E-state index contributed by atoms with van der Waals surface area (Å²) < 4.78 is 36.1. The Kier molecular flexibility index (Phi) is 10.6. The van der Waals surface area contributed by atoms with Crippen molar-refractivity contribution >= 4 is 57.6 Å². The highest BCUT2D eigenvalue weighted by molar-refractivity contribution is 6.25. The molecule has 6 fully saturated rings. The van der Waals surface area contributed by atoms with Crippen LogP contribution in [0, 0.1) is 17.3 Å². The van der Waals surface area contributed by atoms with Gasteiger partial charge >= 0.3 is 0 Å². The fourth-order valence-electron chi connectivity index (χ4n) is 11.9. The molecule has 3 aromatic heterocycles. The average molecular weight is 891 g/mol. The summed E-state index contributed by atoms with van der Waals surface area (Å²) in [5.74, 6) is -0.889. The maximum Gasteiger partial charge on any atom is 0.284 e. The summed E-state index contributed by atoms with van der Waals surface area (Å²) in [6.45, 7) is 5.16. The van der Waals surface area contributed by atoms with E-state index in [9.17, 15) is 32.8 Å². The minimum Gasteiger partial charge on any atom is -0.384 e. The van der Waals surface area contributed by atoms with Gasteiger partial charge in [-0.3, -0.25) is 43.9 Å². The molecular formula is C47H52F2N10O6. The van der Waals surface area contributed by atoms with E-state index < -0.39 is 47.7 Å². The number of imide groups is 2. The number of benzene rings is 1. The Morgan fingerprint density at radius 2 is 1.75 bits per heavy atom. The molecule has 1 spiro atoms. The number of piperidine rings is 2. The second-order valence-corrected chi connectivity index (χ2v) is 19.4. The number of nitrogens with zero attached hydrogens (tertiary/aromatic N) is 7. The lowest BCUT2D eigenvalue weighted by Gasteiger charge is -2.53. The Morgan fingerprint density at radius 1 is 0.938 bits per heavy atom. The molecule has 0 radical (unpaired) electrons. The minimum atomic E-state index is -2.86. The predicted molar refractivity (Wildman–Crippen MR) is 234 cm³/mol. The van der Waals surface area contributed by atoms with Gasteiger partial charge in [-0.2, -0.15) is 5.10 Å². The van der Waals surface area contributed by atoms with Gasteiger partial charge in [-0.05, 0) is 119 Å². The zero-order valence-electron chi connectivity index (χ0n) is 36.0. The van der Waals surface area contributed by atoms with Gasteiger partial charge in [0.25, 0.3) is 24.1 Å². The van der Waals surface area contributed by atoms with E-state index in [-0.39, 0.29) is 53.4 Å². The van der Waals surface area contributed by atoms with Gasteiger partial charge in [-0.25, -0.2) is 13.8 Å². The van der Waals surface area contributed by atoms with Crippen LogP contribution in [-0.4, -0.2) is 117 Å². The summed E-state index contributed by atoms with van der Waals surface area (Å²) in [5, 5.41) is 13.4. The number of alkyl halides is 2. The van der Waals surface area contributed by atoms with Gasteiger partial charge in [0.2, 0.25) is 11.8 Å². The van der Waals surface area contributed by atoms with Crippen molar-refractivity contribution in [2.24, 2.45) is 17.3 Å². The Bertz CT molecular complexity index is 2580. The van der Waals surface area contributed by atoms with Gasteiger partial charge in [0.1, 0.15) is 11.9 Å². The van der Waals surface area contributed by atoms with Crippen LogP contribution in [0.15, 0.2) is 48.9 Å². The van der Waals surface area contributed by atoms with Crippen LogP contribution in [0.25, 0.3) is 10.9 Å². The summed E-state index contributed by atoms with van der Waals surface area (Å²) in [6.07, 6.45) is 11.1. The molecule has 4 saturated heterocycles. The predicted octanol–water partition coefficient (Wildman–Crippen LogP) is 5.73. The Hall–Kier alpha value is -5.88. The number of rotatable bonds is 11. The number of ether oxygens (including phenoxy) is 1. The molecule has 4 aromatic rings. The second-order valence-electron chi connectivity index (χ2n) is 19.4. The molecule has 340 valence electrons. The van der Waals surface area contributed by atoms with Crippen molar-refractivity contribution in [1.29, 1.82) is 0 Å². The van der Waals surface area contributed by atoms with E-state index in [1.54, 1.807) is 35.3 Å². The molecule has 7 aliphatic rings. The topological polar surface area (TPSA) is 184 Å². The molecule has 11 rings (SSSR count). The zero-order chi connectivity index (χ0) is 44.6. The van der Waals surface area contributed by atoms with Crippen molar-refractivity contribution in [1.82, 2.24) is 34.9 Å². The zero-order valence-corrected chi connectivity index (χ0v) is 36.0. The summed E-state index contributed by atoms with van der Waals surface area (Å²) >= 11 is 0. The van der Waals surface area contributed by atoms with Crippen LogP contribution < -0.4 is 20.9 Å². The normalized spacial score (nSPS) is 26.6. The maximum atomic E-state index is 14.4. The van der Waals surface area contributed by atoms with Crippen LogP contribution in [0.4, 0.5) is 26.0 Å². The fraction of sp³-hybridized carbons (Fsp3) is 0.532. The van der Waals surface area contributed by atoms with Crippen molar-refractivity contribution in [2.45, 2.75) is 101 Å². The molecular weight excluding hydrogens is 839 g/mol. The lowest BCUT2D eigenvalue weighted by molar-refractivity contribution is -0.136. The summed E-state index contributed by atoms with van der Waals surface area (Å²) in [5.41, 5.74) is 1.70. The van der Waals surface area contributed by atoms with Gasteiger partial charge in [-0.15, -0.1) is 0 Å². The Labute approximate surface area is 373 Å². The SMILES string of the molecule is O=C1CCC(N2C(=O)c3cccc(NCC4CC5(CCN(C[C@H]6CC[C@H](n7cc(NC(=O)c8cncc9ccc(N%10C[C@H]%11CC%10CO%11)nc89)c(C(F)F)n7)CC6)CC5)C4)c3C2=O)C(=O)N1. The van der Waals surface area contributed by atoms with Gasteiger partial charge < -0.3 is 25.2 Å². The fourth-order valence-corrected chi connectivity index (χ4v) is 11.9. The molecule has 3 atom stereocenters. The molecule has 2 bridgehead atoms. The van der Waals surface area contributed by atoms with Crippen LogP contribution in [-0.2, 0) is 14.3 Å². The van der Waals surface area contributed by atoms with Crippen molar-refractivity contribution in [2.75, 3.05) is 54.9 Å². The third-order valence-electron chi connectivity index (χ3n) is 15.4. The molecule has 8 heterocycles. The summed E-state index contributed by atoms with van der Waals surface area (Å²) in [6, 6.07) is 8.18. The van der Waals surface area contributed by atoms with E-state index in [1.807, 2.05) is 12.1 Å². The number of amides is 5. The molecule has 1 aromatic carbocycles. The van der Waals surface area contributed by atoms with Crippen LogP contribution >= 0.6 is 0 Å². The van der Waals surface area contributed by atoms with Crippen molar-refractivity contribution < 1.29 is 37.5 Å². The third-order valence-corrected chi connectivity index (χ3v) is 15.4. The summed E-state index contributed by atoms with van der Waals surface area (Å²) in [4.78, 5) is 79.6. The first-order chi connectivity index (χ1) is 31.5. The molecule has 2 unspecified atom stereocenters. The highest BCUT2D eigenvalue weighted by Crippen LogP contribution is 2.53. The lowest BCUT2D eigenvalue weighted by Crippen LogP contribution is -2.54. The number of fused-ring (bicyclic) bond motifs is 4. The van der Waals surface area contributed by atoms with Crippen LogP contribution in [0.3, 0.4) is 0 Å². The number of anilines is 3. The van der Waals surface area contributed by atoms with E-state index in [4.69, 9.17) is 9.72 Å². The number of carbonyl (C=O) groups is 5. The van der Waals surface area contributed by atoms with E-state index >= 15 is 0 Å². The van der Waals surface area contributed by atoms with Gasteiger partial charge in [-0.1, -0.05) is 6.07 Å². The average Bonchev–Trinajstić information content (AvgIpc) is 4.10. The first kappa shape index (κ1) is 41.8. The lowest BCUT2D eigenvalue weighted by atomic mass is 9.57. The first-order valence-corrected chi connectivity index (χ1v) is 23.1. The Balaban J connectivity index is 0.651. The van der Waals surface area contributed by atoms with Crippen molar-refractivity contribution in [3.05, 3.63) is 71.3 Å². The molecule has 2 saturated carbocycles. The van der Waals surface area contributed by atoms with Gasteiger partial charge in [0.05, 0.1) is 52.7 Å². The van der Waals surface area contributed by atoms with Gasteiger partial charge in [0, 0.05) is 55.7 Å². The number of likely N-dealkylation sites (tertiary alicyclic amines) is 1. The first-order valence-electron chi connectivity index (χ1n) is 23.1. The second kappa shape index (κ2) is 16.5. The highest BCUT2D eigenvalue weighted by Gasteiger charge is 2.48. The molecule has 5 amide bonds. The van der Waals surface area contributed by atoms with E-state index in [1.165, 1.54) is 6.20 Å². The van der Waals surface area contributed by atoms with Crippen molar-refractivity contribution in [3.8, 4) is 0 Å². The number of hydrogen-bond acceptors (Lipinski definition) is 12.